The Labute approximate surface area is 167 Å². The van der Waals surface area contributed by atoms with Crippen molar-refractivity contribution >= 4 is 11.9 Å². The molecule has 0 saturated heterocycles. The van der Waals surface area contributed by atoms with Crippen LogP contribution in [-0.4, -0.2) is 24.1 Å². The number of amides is 1. The Balaban J connectivity index is 2.10. The van der Waals surface area contributed by atoms with Gasteiger partial charge in [-0.2, -0.15) is 4.99 Å². The zero-order valence-electron chi connectivity index (χ0n) is 16.1. The zero-order chi connectivity index (χ0) is 21.6. The number of carbonyl (C=O) groups is 1. The van der Waals surface area contributed by atoms with E-state index in [1.807, 2.05) is 13.8 Å². The number of hydrogen-bond acceptors (Lipinski definition) is 3. The minimum absolute atomic E-state index is 0.0774. The van der Waals surface area contributed by atoms with Crippen molar-refractivity contribution in [2.24, 2.45) is 16.5 Å². The highest BCUT2D eigenvalue weighted by molar-refractivity contribution is 6.02. The quantitative estimate of drug-likeness (QED) is 0.335. The fraction of sp³-hybridized carbons (Fsp3) is 0.300. The third-order valence-electron chi connectivity index (χ3n) is 3.93. The number of nitrogens with one attached hydrogen (secondary N) is 2. The summed E-state index contributed by atoms with van der Waals surface area (Å²) in [5, 5.41) is 5.80. The van der Waals surface area contributed by atoms with Crippen LogP contribution in [0.3, 0.4) is 0 Å². The first-order valence-corrected chi connectivity index (χ1v) is 9.03. The molecule has 6 N–H and O–H groups in total. The standard InChI is InChI=1S/C20H24F3N5O/c1-11(2)26-20(28-19(29)13-5-8-15(22)16(23)9-13)27-18(25)10-17(24)12-3-6-14(21)7-4-12/h3-9,11,17-18H,10,24-25H2,1-2H3,(H2,26,27,28,29). The molecule has 2 rings (SSSR count). The van der Waals surface area contributed by atoms with Crippen LogP contribution in [0.1, 0.15) is 42.2 Å². The second-order valence-electron chi connectivity index (χ2n) is 6.84. The van der Waals surface area contributed by atoms with Crippen molar-refractivity contribution < 1.29 is 18.0 Å². The van der Waals surface area contributed by atoms with Gasteiger partial charge in [0, 0.05) is 17.6 Å². The second kappa shape index (κ2) is 10.0. The van der Waals surface area contributed by atoms with Crippen LogP contribution in [-0.2, 0) is 0 Å². The summed E-state index contributed by atoms with van der Waals surface area (Å²) in [6, 6.07) is 7.97. The third kappa shape index (κ3) is 6.88. The Bertz CT molecular complexity index is 871. The Kier molecular flexibility index (Phi) is 7.74. The first kappa shape index (κ1) is 22.4. The van der Waals surface area contributed by atoms with Gasteiger partial charge in [-0.05, 0) is 56.2 Å². The van der Waals surface area contributed by atoms with Crippen LogP contribution in [0.5, 0.6) is 0 Å². The second-order valence-corrected chi connectivity index (χ2v) is 6.84. The molecule has 2 unspecified atom stereocenters. The van der Waals surface area contributed by atoms with Crippen molar-refractivity contribution in [1.82, 2.24) is 10.6 Å². The van der Waals surface area contributed by atoms with E-state index in [1.54, 1.807) is 12.1 Å². The molecule has 0 aliphatic carbocycles. The maximum atomic E-state index is 13.4. The maximum Gasteiger partial charge on any atom is 0.280 e. The SMILES string of the molecule is CC(C)N/C(=N/C(=O)c1ccc(F)c(F)c1)NC(N)CC(N)c1ccc(F)cc1. The molecule has 0 radical (unpaired) electrons. The Morgan fingerprint density at radius 1 is 1.00 bits per heavy atom. The van der Waals surface area contributed by atoms with Crippen molar-refractivity contribution in [3.8, 4) is 0 Å². The minimum Gasteiger partial charge on any atom is -0.354 e. The highest BCUT2D eigenvalue weighted by atomic mass is 19.2. The van der Waals surface area contributed by atoms with Crippen LogP contribution in [0.15, 0.2) is 47.5 Å². The van der Waals surface area contributed by atoms with Gasteiger partial charge >= 0.3 is 0 Å². The predicted molar refractivity (Wildman–Crippen MR) is 105 cm³/mol. The fourth-order valence-corrected chi connectivity index (χ4v) is 2.53. The topological polar surface area (TPSA) is 106 Å². The molecule has 1 amide bonds. The minimum atomic E-state index is -1.14. The van der Waals surface area contributed by atoms with Gasteiger partial charge in [0.2, 0.25) is 5.96 Å². The summed E-state index contributed by atoms with van der Waals surface area (Å²) in [5.74, 6) is -3.25. The number of carbonyl (C=O) groups excluding carboxylic acids is 1. The number of aliphatic imine (C=N–C) groups is 1. The summed E-state index contributed by atoms with van der Waals surface area (Å²) in [6.07, 6.45) is -0.415. The van der Waals surface area contributed by atoms with Gasteiger partial charge in [-0.25, -0.2) is 13.2 Å². The van der Waals surface area contributed by atoms with E-state index in [0.29, 0.717) is 5.56 Å². The van der Waals surface area contributed by atoms with E-state index in [4.69, 9.17) is 11.5 Å². The number of guanidine groups is 1. The van der Waals surface area contributed by atoms with E-state index in [9.17, 15) is 18.0 Å². The summed E-state index contributed by atoms with van der Waals surface area (Å²) >= 11 is 0. The van der Waals surface area contributed by atoms with Crippen molar-refractivity contribution in [1.29, 1.82) is 0 Å². The van der Waals surface area contributed by atoms with Gasteiger partial charge in [-0.1, -0.05) is 12.1 Å². The average Bonchev–Trinajstić information content (AvgIpc) is 2.63. The van der Waals surface area contributed by atoms with Crippen molar-refractivity contribution in [3.63, 3.8) is 0 Å². The molecule has 0 aliphatic rings. The maximum absolute atomic E-state index is 13.4. The largest absolute Gasteiger partial charge is 0.354 e. The molecule has 0 spiro atoms. The molecular weight excluding hydrogens is 383 g/mol. The van der Waals surface area contributed by atoms with Gasteiger partial charge in [0.1, 0.15) is 5.82 Å². The van der Waals surface area contributed by atoms with E-state index in [0.717, 1.165) is 18.2 Å². The van der Waals surface area contributed by atoms with Crippen LogP contribution in [0, 0.1) is 17.5 Å². The number of halogens is 3. The van der Waals surface area contributed by atoms with E-state index in [1.165, 1.54) is 12.1 Å². The first-order valence-electron chi connectivity index (χ1n) is 9.03. The van der Waals surface area contributed by atoms with Gasteiger partial charge in [0.05, 0.1) is 6.17 Å². The molecule has 29 heavy (non-hydrogen) atoms. The third-order valence-corrected chi connectivity index (χ3v) is 3.93. The van der Waals surface area contributed by atoms with Gasteiger partial charge in [-0.3, -0.25) is 4.79 Å². The van der Waals surface area contributed by atoms with Gasteiger partial charge in [-0.15, -0.1) is 0 Å². The Hall–Kier alpha value is -2.91. The van der Waals surface area contributed by atoms with Gasteiger partial charge in [0.15, 0.2) is 11.6 Å². The van der Waals surface area contributed by atoms with Crippen molar-refractivity contribution in [2.75, 3.05) is 0 Å². The highest BCUT2D eigenvalue weighted by Gasteiger charge is 2.16. The van der Waals surface area contributed by atoms with Crippen LogP contribution >= 0.6 is 0 Å². The van der Waals surface area contributed by atoms with Crippen molar-refractivity contribution in [2.45, 2.75) is 38.5 Å². The molecular formula is C20H24F3N5O. The van der Waals surface area contributed by atoms with Gasteiger partial charge < -0.3 is 22.1 Å². The molecule has 0 heterocycles. The van der Waals surface area contributed by atoms with Crippen LogP contribution < -0.4 is 22.1 Å². The lowest BCUT2D eigenvalue weighted by Crippen LogP contribution is -2.50. The molecule has 2 atom stereocenters. The number of hydrogen-bond donors (Lipinski definition) is 4. The molecule has 0 aliphatic heterocycles. The van der Waals surface area contributed by atoms with E-state index in [-0.39, 0.29) is 29.8 Å². The molecule has 0 aromatic heterocycles. The Morgan fingerprint density at radius 3 is 2.24 bits per heavy atom. The summed E-state index contributed by atoms with van der Waals surface area (Å²) in [5.41, 5.74) is 12.8. The van der Waals surface area contributed by atoms with Crippen LogP contribution in [0.2, 0.25) is 0 Å². The molecule has 6 nitrogen and oxygen atoms in total. The molecule has 0 saturated carbocycles. The molecule has 2 aromatic rings. The van der Waals surface area contributed by atoms with E-state index >= 15 is 0 Å². The normalized spacial score (nSPS) is 13.9. The highest BCUT2D eigenvalue weighted by Crippen LogP contribution is 2.15. The Morgan fingerprint density at radius 2 is 1.66 bits per heavy atom. The zero-order valence-corrected chi connectivity index (χ0v) is 16.1. The lowest BCUT2D eigenvalue weighted by atomic mass is 10.0. The lowest BCUT2D eigenvalue weighted by molar-refractivity contribution is 0.100. The number of benzene rings is 2. The molecule has 0 fully saturated rings. The summed E-state index contributed by atoms with van der Waals surface area (Å²) in [7, 11) is 0. The summed E-state index contributed by atoms with van der Waals surface area (Å²) < 4.78 is 39.5. The smallest absolute Gasteiger partial charge is 0.280 e. The van der Waals surface area contributed by atoms with Crippen LogP contribution in [0.4, 0.5) is 13.2 Å². The molecule has 2 aromatic carbocycles. The number of nitrogens with two attached hydrogens (primary N) is 2. The molecule has 0 bridgehead atoms. The first-order chi connectivity index (χ1) is 13.7. The molecule has 156 valence electrons. The summed E-state index contributed by atoms with van der Waals surface area (Å²) in [4.78, 5) is 16.2. The summed E-state index contributed by atoms with van der Waals surface area (Å²) in [6.45, 7) is 3.66. The lowest BCUT2D eigenvalue weighted by Gasteiger charge is -2.22. The monoisotopic (exact) mass is 407 g/mol. The number of rotatable bonds is 6. The average molecular weight is 407 g/mol. The fourth-order valence-electron chi connectivity index (χ4n) is 2.53. The molecule has 9 heteroatoms. The number of nitrogens with zero attached hydrogens (tertiary/aromatic N) is 1. The van der Waals surface area contributed by atoms with Gasteiger partial charge in [0.25, 0.3) is 5.91 Å². The van der Waals surface area contributed by atoms with E-state index < -0.39 is 29.7 Å². The van der Waals surface area contributed by atoms with E-state index in [2.05, 4.69) is 15.6 Å². The predicted octanol–water partition coefficient (Wildman–Crippen LogP) is 2.56. The van der Waals surface area contributed by atoms with Crippen LogP contribution in [0.25, 0.3) is 0 Å². The van der Waals surface area contributed by atoms with Crippen molar-refractivity contribution in [3.05, 3.63) is 71.0 Å².